The Hall–Kier alpha value is -1.06. The summed E-state index contributed by atoms with van der Waals surface area (Å²) in [5, 5.41) is 3.44. The molecule has 106 valence electrons. The van der Waals surface area contributed by atoms with Gasteiger partial charge in [0.05, 0.1) is 12.1 Å². The Labute approximate surface area is 116 Å². The van der Waals surface area contributed by atoms with E-state index in [0.717, 1.165) is 19.6 Å². The quantitative estimate of drug-likeness (QED) is 0.883. The first-order valence-corrected chi connectivity index (χ1v) is 7.24. The van der Waals surface area contributed by atoms with Crippen molar-refractivity contribution in [3.8, 4) is 0 Å². The third kappa shape index (κ3) is 3.71. The van der Waals surface area contributed by atoms with Crippen molar-refractivity contribution < 1.29 is 4.74 Å². The molecule has 1 heterocycles. The molecule has 1 N–H and O–H groups in total. The Morgan fingerprint density at radius 1 is 1.32 bits per heavy atom. The van der Waals surface area contributed by atoms with Gasteiger partial charge in [0.2, 0.25) is 0 Å². The highest BCUT2D eigenvalue weighted by Crippen LogP contribution is 2.24. The van der Waals surface area contributed by atoms with Crippen molar-refractivity contribution in [2.24, 2.45) is 0 Å². The van der Waals surface area contributed by atoms with Gasteiger partial charge in [0.25, 0.3) is 0 Å². The van der Waals surface area contributed by atoms with Crippen LogP contribution in [0.3, 0.4) is 0 Å². The van der Waals surface area contributed by atoms with Crippen LogP contribution >= 0.6 is 0 Å². The lowest BCUT2D eigenvalue weighted by atomic mass is 10.1. The highest BCUT2D eigenvalue weighted by atomic mass is 16.5. The van der Waals surface area contributed by atoms with Gasteiger partial charge >= 0.3 is 0 Å². The Morgan fingerprint density at radius 3 is 2.53 bits per heavy atom. The number of rotatable bonds is 5. The van der Waals surface area contributed by atoms with Crippen molar-refractivity contribution in [2.75, 3.05) is 18.6 Å². The lowest BCUT2D eigenvalue weighted by Gasteiger charge is -2.29. The monoisotopic (exact) mass is 262 g/mol. The lowest BCUT2D eigenvalue weighted by molar-refractivity contribution is 0.118. The van der Waals surface area contributed by atoms with Crippen LogP contribution in [0.5, 0.6) is 0 Å². The minimum absolute atomic E-state index is 0.326. The van der Waals surface area contributed by atoms with Gasteiger partial charge in [0, 0.05) is 31.9 Å². The second-order valence-corrected chi connectivity index (χ2v) is 5.74. The number of nitrogens with zero attached hydrogens (tertiary/aromatic N) is 1. The Balaban J connectivity index is 1.97. The summed E-state index contributed by atoms with van der Waals surface area (Å²) in [5.74, 6) is 0. The van der Waals surface area contributed by atoms with Gasteiger partial charge in [-0.15, -0.1) is 0 Å². The first-order valence-electron chi connectivity index (χ1n) is 7.24. The number of hydrogen-bond donors (Lipinski definition) is 1. The smallest absolute Gasteiger partial charge is 0.0750 e. The lowest BCUT2D eigenvalue weighted by Crippen LogP contribution is -2.36. The molecule has 1 saturated heterocycles. The molecule has 2 rings (SSSR count). The van der Waals surface area contributed by atoms with Crippen molar-refractivity contribution >= 4 is 5.69 Å². The Bertz CT molecular complexity index is 388. The van der Waals surface area contributed by atoms with Crippen LogP contribution in [0.1, 0.15) is 32.8 Å². The zero-order valence-electron chi connectivity index (χ0n) is 12.5. The molecule has 1 aliphatic heterocycles. The molecule has 2 atom stereocenters. The normalized spacial score (nSPS) is 23.0. The average Bonchev–Trinajstić information content (AvgIpc) is 2.82. The van der Waals surface area contributed by atoms with Gasteiger partial charge in [-0.25, -0.2) is 0 Å². The van der Waals surface area contributed by atoms with Crippen LogP contribution in [0.25, 0.3) is 0 Å². The van der Waals surface area contributed by atoms with E-state index in [1.807, 2.05) is 0 Å². The summed E-state index contributed by atoms with van der Waals surface area (Å²) < 4.78 is 5.65. The van der Waals surface area contributed by atoms with E-state index in [1.165, 1.54) is 11.3 Å². The van der Waals surface area contributed by atoms with Gasteiger partial charge in [-0.1, -0.05) is 26.0 Å². The predicted molar refractivity (Wildman–Crippen MR) is 80.6 cm³/mol. The molecule has 0 bridgehead atoms. The number of anilines is 1. The summed E-state index contributed by atoms with van der Waals surface area (Å²) in [6.07, 6.45) is 1.45. The van der Waals surface area contributed by atoms with Crippen LogP contribution < -0.4 is 10.2 Å². The van der Waals surface area contributed by atoms with E-state index in [1.54, 1.807) is 0 Å². The summed E-state index contributed by atoms with van der Waals surface area (Å²) >= 11 is 0. The topological polar surface area (TPSA) is 24.5 Å². The zero-order chi connectivity index (χ0) is 13.8. The van der Waals surface area contributed by atoms with Crippen LogP contribution in [-0.4, -0.2) is 31.8 Å². The molecule has 1 aromatic carbocycles. The van der Waals surface area contributed by atoms with Crippen molar-refractivity contribution in [1.82, 2.24) is 5.32 Å². The summed E-state index contributed by atoms with van der Waals surface area (Å²) in [6, 6.07) is 9.87. The molecule has 3 nitrogen and oxygen atoms in total. The van der Waals surface area contributed by atoms with Gasteiger partial charge < -0.3 is 15.0 Å². The van der Waals surface area contributed by atoms with Crippen LogP contribution in [0.15, 0.2) is 24.3 Å². The van der Waals surface area contributed by atoms with E-state index in [2.05, 4.69) is 62.3 Å². The largest absolute Gasteiger partial charge is 0.376 e. The zero-order valence-corrected chi connectivity index (χ0v) is 12.5. The van der Waals surface area contributed by atoms with E-state index >= 15 is 0 Å². The Kier molecular flexibility index (Phi) is 4.83. The van der Waals surface area contributed by atoms with Gasteiger partial charge in [-0.2, -0.15) is 0 Å². The Morgan fingerprint density at radius 2 is 2.00 bits per heavy atom. The summed E-state index contributed by atoms with van der Waals surface area (Å²) in [6.45, 7) is 8.32. The first-order chi connectivity index (χ1) is 9.08. The standard InChI is InChI=1S/C16H26N2O/c1-12(2)17-11-14-5-7-15(8-6-14)18(4)16-9-10-19-13(16)3/h5-8,12-13,16-17H,9-11H2,1-4H3. The van der Waals surface area contributed by atoms with Crippen LogP contribution in [-0.2, 0) is 11.3 Å². The molecule has 0 aliphatic carbocycles. The van der Waals surface area contributed by atoms with Gasteiger partial charge in [0.15, 0.2) is 0 Å². The predicted octanol–water partition coefficient (Wildman–Crippen LogP) is 2.80. The highest BCUT2D eigenvalue weighted by Gasteiger charge is 2.27. The SMILES string of the molecule is CC(C)NCc1ccc(N(C)C2CCOC2C)cc1. The molecule has 3 heteroatoms. The van der Waals surface area contributed by atoms with Gasteiger partial charge in [-0.05, 0) is 31.0 Å². The fourth-order valence-corrected chi connectivity index (χ4v) is 2.59. The fraction of sp³-hybridized carbons (Fsp3) is 0.625. The molecule has 1 fully saturated rings. The van der Waals surface area contributed by atoms with Crippen LogP contribution in [0.4, 0.5) is 5.69 Å². The molecule has 0 aromatic heterocycles. The molecule has 0 saturated carbocycles. The minimum Gasteiger partial charge on any atom is -0.376 e. The van der Waals surface area contributed by atoms with E-state index in [-0.39, 0.29) is 0 Å². The third-order valence-corrected chi connectivity index (χ3v) is 3.89. The maximum Gasteiger partial charge on any atom is 0.0750 e. The fourth-order valence-electron chi connectivity index (χ4n) is 2.59. The van der Waals surface area contributed by atoms with Crippen LogP contribution in [0, 0.1) is 0 Å². The molecule has 0 spiro atoms. The molecule has 0 amide bonds. The molecular formula is C16H26N2O. The molecular weight excluding hydrogens is 236 g/mol. The summed E-state index contributed by atoms with van der Waals surface area (Å²) in [5.41, 5.74) is 2.61. The van der Waals surface area contributed by atoms with Crippen LogP contribution in [0.2, 0.25) is 0 Å². The minimum atomic E-state index is 0.326. The van der Waals surface area contributed by atoms with Crippen molar-refractivity contribution in [2.45, 2.75) is 51.9 Å². The first kappa shape index (κ1) is 14.4. The van der Waals surface area contributed by atoms with Gasteiger partial charge in [0.1, 0.15) is 0 Å². The molecule has 2 unspecified atom stereocenters. The van der Waals surface area contributed by atoms with Crippen molar-refractivity contribution in [3.05, 3.63) is 29.8 Å². The van der Waals surface area contributed by atoms with Crippen molar-refractivity contribution in [3.63, 3.8) is 0 Å². The van der Waals surface area contributed by atoms with E-state index < -0.39 is 0 Å². The summed E-state index contributed by atoms with van der Waals surface area (Å²) in [4.78, 5) is 2.34. The molecule has 1 aromatic rings. The number of hydrogen-bond acceptors (Lipinski definition) is 3. The second-order valence-electron chi connectivity index (χ2n) is 5.74. The highest BCUT2D eigenvalue weighted by molar-refractivity contribution is 5.48. The van der Waals surface area contributed by atoms with Crippen molar-refractivity contribution in [1.29, 1.82) is 0 Å². The number of benzene rings is 1. The second kappa shape index (κ2) is 6.40. The molecule has 1 aliphatic rings. The maximum absolute atomic E-state index is 5.65. The molecule has 19 heavy (non-hydrogen) atoms. The van der Waals surface area contributed by atoms with E-state index in [4.69, 9.17) is 4.74 Å². The number of ether oxygens (including phenoxy) is 1. The van der Waals surface area contributed by atoms with Gasteiger partial charge in [-0.3, -0.25) is 0 Å². The number of nitrogens with one attached hydrogen (secondary N) is 1. The number of likely N-dealkylation sites (N-methyl/N-ethyl adjacent to an activating group) is 1. The van der Waals surface area contributed by atoms with E-state index in [0.29, 0.717) is 18.2 Å². The average molecular weight is 262 g/mol. The van der Waals surface area contributed by atoms with E-state index in [9.17, 15) is 0 Å². The summed E-state index contributed by atoms with van der Waals surface area (Å²) in [7, 11) is 2.16. The third-order valence-electron chi connectivity index (χ3n) is 3.89. The maximum atomic E-state index is 5.65. The molecule has 0 radical (unpaired) electrons.